The number of ketones is 1. The fourth-order valence-electron chi connectivity index (χ4n) is 8.04. The lowest BCUT2D eigenvalue weighted by Gasteiger charge is -2.38. The Bertz CT molecular complexity index is 1260. The number of nitrogens with zero attached hydrogens (tertiary/aromatic N) is 1. The molecule has 0 radical (unpaired) electrons. The standard InChI is InChI=1S/C31H42N2O7S/c1-16-12-20-19(29(20,3)4)10-11-30(15-39-30)25(22-23(34)17(2)13-31(22,38)24(16)35)40-27(37)21-14-32-28(41-21)33-26(36)18-8-6-5-7-9-18/h12,14,17-20,22-23,25,34,38H,5-11,13,15H2,1-4H3,(H,32,33,36)/b16-12+/t17-,19-,20+,22+,23-,25+,30-,31+/m0/s1. The first-order valence-electron chi connectivity index (χ1n) is 15.1. The van der Waals surface area contributed by atoms with E-state index in [0.29, 0.717) is 29.7 Å². The number of allylic oxidation sites excluding steroid dienone is 1. The van der Waals surface area contributed by atoms with E-state index >= 15 is 0 Å². The number of carbonyl (C=O) groups excluding carboxylic acids is 3. The molecule has 1 saturated heterocycles. The second-order valence-electron chi connectivity index (χ2n) is 13.8. The van der Waals surface area contributed by atoms with Crippen molar-refractivity contribution < 1.29 is 34.1 Å². The van der Waals surface area contributed by atoms with Crippen molar-refractivity contribution >= 4 is 34.1 Å². The van der Waals surface area contributed by atoms with Gasteiger partial charge in [-0.1, -0.05) is 57.4 Å². The summed E-state index contributed by atoms with van der Waals surface area (Å²) in [5, 5.41) is 26.6. The Morgan fingerprint density at radius 1 is 1.20 bits per heavy atom. The van der Waals surface area contributed by atoms with Crippen molar-refractivity contribution in [2.75, 3.05) is 11.9 Å². The van der Waals surface area contributed by atoms with Gasteiger partial charge < -0.3 is 25.0 Å². The predicted octanol–water partition coefficient (Wildman–Crippen LogP) is 4.29. The molecule has 0 aromatic carbocycles. The Balaban J connectivity index is 1.28. The molecular formula is C31H42N2O7S. The van der Waals surface area contributed by atoms with Crippen molar-refractivity contribution in [2.24, 2.45) is 35.0 Å². The zero-order chi connectivity index (χ0) is 29.3. The molecule has 41 heavy (non-hydrogen) atoms. The fraction of sp³-hybridized carbons (Fsp3) is 0.742. The van der Waals surface area contributed by atoms with Crippen LogP contribution in [0.3, 0.4) is 0 Å². The van der Waals surface area contributed by atoms with Gasteiger partial charge in [0.1, 0.15) is 22.2 Å². The van der Waals surface area contributed by atoms with Gasteiger partial charge in [-0.2, -0.15) is 0 Å². The molecule has 1 aliphatic heterocycles. The molecule has 224 valence electrons. The highest BCUT2D eigenvalue weighted by molar-refractivity contribution is 7.17. The Morgan fingerprint density at radius 3 is 2.59 bits per heavy atom. The van der Waals surface area contributed by atoms with Crippen molar-refractivity contribution in [3.63, 3.8) is 0 Å². The van der Waals surface area contributed by atoms with Crippen LogP contribution in [0.15, 0.2) is 17.8 Å². The van der Waals surface area contributed by atoms with Gasteiger partial charge >= 0.3 is 5.97 Å². The molecule has 0 unspecified atom stereocenters. The molecule has 3 saturated carbocycles. The van der Waals surface area contributed by atoms with E-state index in [1.807, 2.05) is 6.08 Å². The second kappa shape index (κ2) is 10.2. The van der Waals surface area contributed by atoms with E-state index in [1.165, 1.54) is 6.20 Å². The summed E-state index contributed by atoms with van der Waals surface area (Å²) < 4.78 is 12.2. The highest BCUT2D eigenvalue weighted by Crippen LogP contribution is 2.63. The Labute approximate surface area is 245 Å². The molecular weight excluding hydrogens is 544 g/mol. The number of nitrogens with one attached hydrogen (secondary N) is 1. The molecule has 1 spiro atoms. The van der Waals surface area contributed by atoms with Gasteiger partial charge in [0.2, 0.25) is 5.91 Å². The number of thiazole rings is 1. The SMILES string of the molecule is C/C1=C\[C@@H]2[C@H](CC[C@]3(CO3)[C@H](OC(=O)c3cnc(NC(=O)C4CCCCC4)s3)[C@H]3[C@@H](O)[C@@H](C)C[C@]3(O)C1=O)C2(C)C. The zero-order valence-corrected chi connectivity index (χ0v) is 25.2. The summed E-state index contributed by atoms with van der Waals surface area (Å²) in [6.45, 7) is 8.24. The van der Waals surface area contributed by atoms with Crippen LogP contribution in [0.4, 0.5) is 5.13 Å². The highest BCUT2D eigenvalue weighted by Gasteiger charge is 2.68. The number of aliphatic hydroxyl groups excluding tert-OH is 1. The van der Waals surface area contributed by atoms with Crippen molar-refractivity contribution in [3.8, 4) is 0 Å². The topological polar surface area (TPSA) is 138 Å². The zero-order valence-electron chi connectivity index (χ0n) is 24.4. The second-order valence-corrected chi connectivity index (χ2v) is 14.9. The van der Waals surface area contributed by atoms with E-state index in [0.717, 1.165) is 49.9 Å². The summed E-state index contributed by atoms with van der Waals surface area (Å²) >= 11 is 1.04. The molecule has 1 amide bonds. The van der Waals surface area contributed by atoms with Crippen LogP contribution < -0.4 is 5.32 Å². The van der Waals surface area contributed by atoms with E-state index in [-0.39, 0.29) is 40.4 Å². The summed E-state index contributed by atoms with van der Waals surface area (Å²) in [4.78, 5) is 44.6. The van der Waals surface area contributed by atoms with Crippen LogP contribution in [0, 0.1) is 35.0 Å². The van der Waals surface area contributed by atoms with E-state index in [4.69, 9.17) is 9.47 Å². The molecule has 10 heteroatoms. The van der Waals surface area contributed by atoms with E-state index < -0.39 is 41.1 Å². The van der Waals surface area contributed by atoms with E-state index in [1.54, 1.807) is 13.8 Å². The summed E-state index contributed by atoms with van der Waals surface area (Å²) in [6, 6.07) is 0. The van der Waals surface area contributed by atoms with E-state index in [2.05, 4.69) is 24.1 Å². The number of esters is 1. The van der Waals surface area contributed by atoms with Crippen LogP contribution in [0.1, 0.15) is 88.7 Å². The number of hydrogen-bond donors (Lipinski definition) is 3. The van der Waals surface area contributed by atoms with Crippen LogP contribution in [0.2, 0.25) is 0 Å². The third-order valence-corrected chi connectivity index (χ3v) is 11.7. The molecule has 8 atom stereocenters. The predicted molar refractivity (Wildman–Crippen MR) is 152 cm³/mol. The molecule has 0 bridgehead atoms. The average molecular weight is 587 g/mol. The lowest BCUT2D eigenvalue weighted by Crippen LogP contribution is -2.56. The number of carbonyl (C=O) groups is 3. The maximum absolute atomic E-state index is 13.9. The number of anilines is 1. The summed E-state index contributed by atoms with van der Waals surface area (Å²) in [5.41, 5.74) is -2.27. The first-order chi connectivity index (χ1) is 19.4. The van der Waals surface area contributed by atoms with Crippen molar-refractivity contribution in [2.45, 2.75) is 102 Å². The third kappa shape index (κ3) is 4.98. The normalized spacial score (nSPS) is 41.4. The maximum atomic E-state index is 13.9. The lowest BCUT2D eigenvalue weighted by atomic mass is 9.75. The monoisotopic (exact) mass is 586 g/mol. The molecule has 4 fully saturated rings. The number of epoxide rings is 1. The fourth-order valence-corrected chi connectivity index (χ4v) is 8.74. The minimum absolute atomic E-state index is 0.0224. The smallest absolute Gasteiger partial charge is 0.350 e. The number of amides is 1. The average Bonchev–Trinajstić information content (AvgIpc) is 3.71. The molecule has 5 aliphatic rings. The number of aliphatic hydroxyl groups is 2. The molecule has 6 rings (SSSR count). The van der Waals surface area contributed by atoms with Gasteiger partial charge in [0.15, 0.2) is 10.9 Å². The molecule has 4 aliphatic carbocycles. The number of hydrogen-bond acceptors (Lipinski definition) is 9. The number of aromatic nitrogens is 1. The Hall–Kier alpha value is -2.14. The Morgan fingerprint density at radius 2 is 1.90 bits per heavy atom. The summed E-state index contributed by atoms with van der Waals surface area (Å²) in [5.74, 6) is -2.08. The Kier molecular flexibility index (Phi) is 7.23. The lowest BCUT2D eigenvalue weighted by molar-refractivity contribution is -0.151. The van der Waals surface area contributed by atoms with Crippen molar-refractivity contribution in [1.29, 1.82) is 0 Å². The van der Waals surface area contributed by atoms with Gasteiger partial charge in [-0.05, 0) is 67.8 Å². The van der Waals surface area contributed by atoms with Gasteiger partial charge in [0.05, 0.1) is 24.8 Å². The number of fused-ring (bicyclic) bond motifs is 2. The van der Waals surface area contributed by atoms with Crippen molar-refractivity contribution in [3.05, 3.63) is 22.7 Å². The maximum Gasteiger partial charge on any atom is 0.350 e. The molecule has 9 nitrogen and oxygen atoms in total. The highest BCUT2D eigenvalue weighted by atomic mass is 32.1. The van der Waals surface area contributed by atoms with Crippen LogP contribution >= 0.6 is 11.3 Å². The van der Waals surface area contributed by atoms with Gasteiger partial charge in [-0.15, -0.1) is 0 Å². The van der Waals surface area contributed by atoms with Gasteiger partial charge in [-0.25, -0.2) is 9.78 Å². The van der Waals surface area contributed by atoms with E-state index in [9.17, 15) is 24.6 Å². The largest absolute Gasteiger partial charge is 0.454 e. The van der Waals surface area contributed by atoms with Gasteiger partial charge in [0.25, 0.3) is 0 Å². The first kappa shape index (κ1) is 29.0. The van der Waals surface area contributed by atoms with Gasteiger partial charge in [0, 0.05) is 5.92 Å². The first-order valence-corrected chi connectivity index (χ1v) is 15.9. The van der Waals surface area contributed by atoms with Crippen LogP contribution in [0.5, 0.6) is 0 Å². The van der Waals surface area contributed by atoms with Crippen LogP contribution in [-0.2, 0) is 19.1 Å². The van der Waals surface area contributed by atoms with Crippen LogP contribution in [-0.4, -0.2) is 62.9 Å². The summed E-state index contributed by atoms with van der Waals surface area (Å²) in [6.07, 6.45) is 7.69. The molecule has 1 aromatic rings. The molecule has 1 aromatic heterocycles. The number of rotatable bonds is 4. The minimum atomic E-state index is -1.89. The number of Topliss-reactive ketones (excluding diaryl/α,β-unsaturated/α-hetero) is 1. The van der Waals surface area contributed by atoms with Gasteiger partial charge in [-0.3, -0.25) is 9.59 Å². The number of ether oxygens (including phenoxy) is 2. The summed E-state index contributed by atoms with van der Waals surface area (Å²) in [7, 11) is 0. The molecule has 3 N–H and O–H groups in total. The van der Waals surface area contributed by atoms with Crippen LogP contribution in [0.25, 0.3) is 0 Å². The minimum Gasteiger partial charge on any atom is -0.454 e. The molecule has 2 heterocycles. The van der Waals surface area contributed by atoms with Crippen molar-refractivity contribution in [1.82, 2.24) is 4.98 Å². The quantitative estimate of drug-likeness (QED) is 0.351. The third-order valence-electron chi connectivity index (χ3n) is 10.8.